The Morgan fingerprint density at radius 2 is 1.96 bits per heavy atom. The Labute approximate surface area is 145 Å². The Morgan fingerprint density at radius 1 is 1.21 bits per heavy atom. The predicted molar refractivity (Wildman–Crippen MR) is 93.8 cm³/mol. The highest BCUT2D eigenvalue weighted by atomic mass is 32.1. The van der Waals surface area contributed by atoms with Crippen LogP contribution in [0.15, 0.2) is 18.2 Å². The summed E-state index contributed by atoms with van der Waals surface area (Å²) in [5, 5.41) is 11.9. The molecular formula is C16H22N4O3S. The number of anilines is 1. The summed E-state index contributed by atoms with van der Waals surface area (Å²) in [7, 11) is 0. The van der Waals surface area contributed by atoms with Crippen LogP contribution in [0.2, 0.25) is 0 Å². The van der Waals surface area contributed by atoms with Gasteiger partial charge >= 0.3 is 0 Å². The molecule has 130 valence electrons. The highest BCUT2D eigenvalue weighted by Gasteiger charge is 2.11. The molecule has 0 unspecified atom stereocenters. The van der Waals surface area contributed by atoms with Crippen molar-refractivity contribution >= 4 is 22.4 Å². The van der Waals surface area contributed by atoms with Crippen molar-refractivity contribution in [3.63, 3.8) is 0 Å². The third-order valence-electron chi connectivity index (χ3n) is 3.14. The molecule has 1 heterocycles. The van der Waals surface area contributed by atoms with Gasteiger partial charge in [-0.2, -0.15) is 0 Å². The molecule has 8 heteroatoms. The minimum atomic E-state index is -0.143. The van der Waals surface area contributed by atoms with Gasteiger partial charge in [0.05, 0.1) is 13.2 Å². The number of nitrogens with zero attached hydrogens (tertiary/aromatic N) is 2. The molecule has 3 N–H and O–H groups in total. The Bertz CT molecular complexity index is 675. The van der Waals surface area contributed by atoms with Crippen LogP contribution in [-0.2, 0) is 6.42 Å². The molecule has 1 aromatic carbocycles. The van der Waals surface area contributed by atoms with Crippen LogP contribution in [0.25, 0.3) is 0 Å². The molecule has 0 atom stereocenters. The molecule has 2 aromatic rings. The van der Waals surface area contributed by atoms with E-state index >= 15 is 0 Å². The highest BCUT2D eigenvalue weighted by molar-refractivity contribution is 7.15. The predicted octanol–water partition coefficient (Wildman–Crippen LogP) is 2.28. The Kier molecular flexibility index (Phi) is 6.80. The molecule has 1 amide bonds. The average molecular weight is 350 g/mol. The summed E-state index contributed by atoms with van der Waals surface area (Å²) < 4.78 is 11.0. The number of nitrogens with two attached hydrogens (primary N) is 1. The first kappa shape index (κ1) is 18.0. The van der Waals surface area contributed by atoms with Crippen LogP contribution in [-0.4, -0.2) is 35.9 Å². The molecule has 2 rings (SSSR count). The van der Waals surface area contributed by atoms with Crippen LogP contribution >= 0.6 is 11.3 Å². The summed E-state index contributed by atoms with van der Waals surface area (Å²) in [6.45, 7) is 5.40. The van der Waals surface area contributed by atoms with Gasteiger partial charge in [0.1, 0.15) is 5.01 Å². The fourth-order valence-electron chi connectivity index (χ4n) is 2.10. The largest absolute Gasteiger partial charge is 0.490 e. The molecule has 0 aliphatic heterocycles. The topological polar surface area (TPSA) is 99.4 Å². The van der Waals surface area contributed by atoms with Crippen LogP contribution in [0.5, 0.6) is 11.5 Å². The second kappa shape index (κ2) is 9.07. The van der Waals surface area contributed by atoms with Crippen molar-refractivity contribution < 1.29 is 14.3 Å². The van der Waals surface area contributed by atoms with Gasteiger partial charge in [-0.25, -0.2) is 0 Å². The zero-order valence-electron chi connectivity index (χ0n) is 13.9. The van der Waals surface area contributed by atoms with E-state index in [2.05, 4.69) is 15.5 Å². The van der Waals surface area contributed by atoms with Crippen molar-refractivity contribution in [1.29, 1.82) is 0 Å². The van der Waals surface area contributed by atoms with Crippen LogP contribution < -0.4 is 20.5 Å². The number of hydrogen-bond donors (Lipinski definition) is 2. The van der Waals surface area contributed by atoms with Gasteiger partial charge in [0.2, 0.25) is 5.13 Å². The summed E-state index contributed by atoms with van der Waals surface area (Å²) in [4.78, 5) is 12.2. The molecule has 0 bridgehead atoms. The minimum Gasteiger partial charge on any atom is -0.490 e. The van der Waals surface area contributed by atoms with Gasteiger partial charge in [-0.1, -0.05) is 11.3 Å². The lowest BCUT2D eigenvalue weighted by Crippen LogP contribution is -2.24. The van der Waals surface area contributed by atoms with E-state index in [0.29, 0.717) is 42.0 Å². The summed E-state index contributed by atoms with van der Waals surface area (Å²) in [5.41, 5.74) is 6.08. The van der Waals surface area contributed by atoms with Gasteiger partial charge in [-0.05, 0) is 38.5 Å². The van der Waals surface area contributed by atoms with E-state index < -0.39 is 0 Å². The fourth-order valence-corrected chi connectivity index (χ4v) is 2.75. The van der Waals surface area contributed by atoms with Crippen molar-refractivity contribution in [3.05, 3.63) is 28.8 Å². The third kappa shape index (κ3) is 5.09. The van der Waals surface area contributed by atoms with E-state index in [-0.39, 0.29) is 5.91 Å². The minimum absolute atomic E-state index is 0.143. The third-order valence-corrected chi connectivity index (χ3v) is 3.95. The second-order valence-corrected chi connectivity index (χ2v) is 6.01. The van der Waals surface area contributed by atoms with Crippen LogP contribution in [0.1, 0.15) is 35.6 Å². The number of ether oxygens (including phenoxy) is 2. The fraction of sp³-hybridized carbons (Fsp3) is 0.438. The number of aryl methyl sites for hydroxylation is 1. The number of benzene rings is 1. The van der Waals surface area contributed by atoms with Gasteiger partial charge in [-0.3, -0.25) is 4.79 Å². The lowest BCUT2D eigenvalue weighted by molar-refractivity contribution is 0.0952. The first-order chi connectivity index (χ1) is 11.6. The number of hydrogen-bond acceptors (Lipinski definition) is 7. The van der Waals surface area contributed by atoms with E-state index in [0.717, 1.165) is 17.8 Å². The lowest BCUT2D eigenvalue weighted by Gasteiger charge is -2.12. The maximum atomic E-state index is 12.2. The van der Waals surface area contributed by atoms with Crippen LogP contribution in [0, 0.1) is 0 Å². The van der Waals surface area contributed by atoms with Crippen LogP contribution in [0.4, 0.5) is 5.13 Å². The van der Waals surface area contributed by atoms with Gasteiger partial charge in [0, 0.05) is 18.5 Å². The summed E-state index contributed by atoms with van der Waals surface area (Å²) in [6.07, 6.45) is 1.51. The molecule has 7 nitrogen and oxygen atoms in total. The highest BCUT2D eigenvalue weighted by Crippen LogP contribution is 2.28. The molecule has 1 aromatic heterocycles. The molecule has 0 radical (unpaired) electrons. The number of aromatic nitrogens is 2. The molecular weight excluding hydrogens is 328 g/mol. The number of rotatable bonds is 9. The zero-order valence-corrected chi connectivity index (χ0v) is 14.7. The molecule has 0 saturated heterocycles. The van der Waals surface area contributed by atoms with Crippen molar-refractivity contribution in [2.24, 2.45) is 0 Å². The van der Waals surface area contributed by atoms with E-state index in [4.69, 9.17) is 15.2 Å². The molecule has 0 spiro atoms. The Morgan fingerprint density at radius 3 is 2.62 bits per heavy atom. The monoisotopic (exact) mass is 350 g/mol. The van der Waals surface area contributed by atoms with Crippen molar-refractivity contribution in [2.45, 2.75) is 26.7 Å². The molecule has 0 saturated carbocycles. The van der Waals surface area contributed by atoms with E-state index in [1.807, 2.05) is 13.8 Å². The molecule has 0 aliphatic rings. The van der Waals surface area contributed by atoms with Gasteiger partial charge in [0.15, 0.2) is 11.5 Å². The summed E-state index contributed by atoms with van der Waals surface area (Å²) in [5.74, 6) is 1.08. The van der Waals surface area contributed by atoms with Crippen molar-refractivity contribution in [1.82, 2.24) is 15.5 Å². The zero-order chi connectivity index (χ0) is 17.4. The number of nitrogen functional groups attached to an aromatic ring is 1. The van der Waals surface area contributed by atoms with E-state index in [9.17, 15) is 4.79 Å². The second-order valence-electron chi connectivity index (χ2n) is 4.92. The maximum absolute atomic E-state index is 12.2. The number of carbonyl (C=O) groups is 1. The first-order valence-corrected chi connectivity index (χ1v) is 8.71. The summed E-state index contributed by atoms with van der Waals surface area (Å²) in [6, 6.07) is 5.19. The van der Waals surface area contributed by atoms with Gasteiger partial charge < -0.3 is 20.5 Å². The maximum Gasteiger partial charge on any atom is 0.251 e. The Balaban J connectivity index is 1.87. The Hall–Kier alpha value is -2.35. The SMILES string of the molecule is CCOc1ccc(C(=O)NCCCc2nnc(N)s2)cc1OCC. The molecule has 24 heavy (non-hydrogen) atoms. The van der Waals surface area contributed by atoms with Crippen LogP contribution in [0.3, 0.4) is 0 Å². The lowest BCUT2D eigenvalue weighted by atomic mass is 10.2. The summed E-state index contributed by atoms with van der Waals surface area (Å²) >= 11 is 1.37. The van der Waals surface area contributed by atoms with Crippen molar-refractivity contribution in [3.8, 4) is 11.5 Å². The molecule has 0 aliphatic carbocycles. The molecule has 0 fully saturated rings. The first-order valence-electron chi connectivity index (χ1n) is 7.89. The normalized spacial score (nSPS) is 10.4. The van der Waals surface area contributed by atoms with Crippen molar-refractivity contribution in [2.75, 3.05) is 25.5 Å². The number of carbonyl (C=O) groups excluding carboxylic acids is 1. The smallest absolute Gasteiger partial charge is 0.251 e. The number of amides is 1. The quantitative estimate of drug-likeness (QED) is 0.673. The van der Waals surface area contributed by atoms with Gasteiger partial charge in [0.25, 0.3) is 5.91 Å². The van der Waals surface area contributed by atoms with Gasteiger partial charge in [-0.15, -0.1) is 10.2 Å². The average Bonchev–Trinajstić information content (AvgIpc) is 2.99. The standard InChI is InChI=1S/C16H22N4O3S/c1-3-22-12-8-7-11(10-13(12)23-4-2)15(21)18-9-5-6-14-19-20-16(17)24-14/h7-8,10H,3-6,9H2,1-2H3,(H2,17,20)(H,18,21). The van der Waals surface area contributed by atoms with E-state index in [1.165, 1.54) is 11.3 Å². The van der Waals surface area contributed by atoms with E-state index in [1.54, 1.807) is 18.2 Å². The number of nitrogens with one attached hydrogen (secondary N) is 1.